The first-order valence-corrected chi connectivity index (χ1v) is 7.97. The number of nitrogens with zero attached hydrogens (tertiary/aromatic N) is 1. The van der Waals surface area contributed by atoms with E-state index in [0.29, 0.717) is 11.6 Å². The van der Waals surface area contributed by atoms with Gasteiger partial charge in [0.1, 0.15) is 5.82 Å². The summed E-state index contributed by atoms with van der Waals surface area (Å²) in [6.07, 6.45) is 3.08. The van der Waals surface area contributed by atoms with E-state index in [1.807, 2.05) is 43.3 Å². The Labute approximate surface area is 146 Å². The van der Waals surface area contributed by atoms with Crippen LogP contribution in [0.1, 0.15) is 17.2 Å². The highest BCUT2D eigenvalue weighted by Crippen LogP contribution is 2.25. The highest BCUT2D eigenvalue weighted by Gasteiger charge is 2.17. The SMILES string of the molecule is CN(C)[C@H](CNC(=O)/C=C/c1ccc(F)cc1)c1ccccc1Cl. The molecule has 0 aliphatic rings. The Morgan fingerprint density at radius 3 is 2.50 bits per heavy atom. The molecule has 24 heavy (non-hydrogen) atoms. The lowest BCUT2D eigenvalue weighted by molar-refractivity contribution is -0.116. The van der Waals surface area contributed by atoms with Gasteiger partial charge in [-0.3, -0.25) is 4.79 Å². The number of benzene rings is 2. The lowest BCUT2D eigenvalue weighted by Gasteiger charge is -2.25. The number of amides is 1. The molecule has 0 saturated heterocycles. The van der Waals surface area contributed by atoms with E-state index in [9.17, 15) is 9.18 Å². The number of hydrogen-bond acceptors (Lipinski definition) is 2. The molecule has 0 spiro atoms. The summed E-state index contributed by atoms with van der Waals surface area (Å²) in [6, 6.07) is 13.5. The largest absolute Gasteiger partial charge is 0.351 e. The van der Waals surface area contributed by atoms with Crippen LogP contribution in [-0.4, -0.2) is 31.4 Å². The predicted molar refractivity (Wildman–Crippen MR) is 96.3 cm³/mol. The minimum atomic E-state index is -0.301. The summed E-state index contributed by atoms with van der Waals surface area (Å²) in [6.45, 7) is 0.434. The molecule has 2 aromatic carbocycles. The zero-order valence-corrected chi connectivity index (χ0v) is 14.4. The molecule has 2 rings (SSSR count). The maximum atomic E-state index is 12.8. The topological polar surface area (TPSA) is 32.3 Å². The van der Waals surface area contributed by atoms with Crippen LogP contribution < -0.4 is 5.32 Å². The first kappa shape index (κ1) is 18.2. The van der Waals surface area contributed by atoms with Crippen molar-refractivity contribution in [1.82, 2.24) is 10.2 Å². The second-order valence-electron chi connectivity index (χ2n) is 5.63. The summed E-state index contributed by atoms with van der Waals surface area (Å²) >= 11 is 6.25. The van der Waals surface area contributed by atoms with Gasteiger partial charge in [0.2, 0.25) is 5.91 Å². The summed E-state index contributed by atoms with van der Waals surface area (Å²) in [7, 11) is 3.88. The van der Waals surface area contributed by atoms with E-state index >= 15 is 0 Å². The van der Waals surface area contributed by atoms with Crippen molar-refractivity contribution in [1.29, 1.82) is 0 Å². The van der Waals surface area contributed by atoms with E-state index in [0.717, 1.165) is 11.1 Å². The standard InChI is InChI=1S/C19H20ClFN2O/c1-23(2)18(16-5-3-4-6-17(16)20)13-22-19(24)12-9-14-7-10-15(21)11-8-14/h3-12,18H,13H2,1-2H3,(H,22,24)/b12-9+/t18-/m1/s1. The van der Waals surface area contributed by atoms with E-state index in [2.05, 4.69) is 5.32 Å². The van der Waals surface area contributed by atoms with Crippen LogP contribution >= 0.6 is 11.6 Å². The first-order chi connectivity index (χ1) is 11.5. The number of nitrogens with one attached hydrogen (secondary N) is 1. The van der Waals surface area contributed by atoms with E-state index in [4.69, 9.17) is 11.6 Å². The Morgan fingerprint density at radius 1 is 1.21 bits per heavy atom. The molecule has 126 valence electrons. The van der Waals surface area contributed by atoms with Gasteiger partial charge in [-0.15, -0.1) is 0 Å². The lowest BCUT2D eigenvalue weighted by Crippen LogP contribution is -2.33. The number of rotatable bonds is 6. The van der Waals surface area contributed by atoms with Crippen LogP contribution in [0.3, 0.4) is 0 Å². The lowest BCUT2D eigenvalue weighted by atomic mass is 10.1. The molecule has 2 aromatic rings. The van der Waals surface area contributed by atoms with Crippen molar-refractivity contribution in [2.45, 2.75) is 6.04 Å². The molecule has 5 heteroatoms. The van der Waals surface area contributed by atoms with Crippen LogP contribution in [0.5, 0.6) is 0 Å². The molecule has 0 saturated carbocycles. The Kier molecular flexibility index (Phi) is 6.53. The molecular weight excluding hydrogens is 327 g/mol. The van der Waals surface area contributed by atoms with Crippen molar-refractivity contribution in [3.05, 3.63) is 76.6 Å². The summed E-state index contributed by atoms with van der Waals surface area (Å²) in [4.78, 5) is 14.0. The summed E-state index contributed by atoms with van der Waals surface area (Å²) in [5, 5.41) is 3.54. The Hall–Kier alpha value is -2.17. The Bertz CT molecular complexity index is 714. The van der Waals surface area contributed by atoms with Gasteiger partial charge in [0, 0.05) is 17.6 Å². The summed E-state index contributed by atoms with van der Waals surface area (Å²) < 4.78 is 12.8. The Morgan fingerprint density at radius 2 is 1.88 bits per heavy atom. The number of halogens is 2. The van der Waals surface area contributed by atoms with Gasteiger partial charge in [0.15, 0.2) is 0 Å². The second-order valence-corrected chi connectivity index (χ2v) is 6.04. The fraction of sp³-hybridized carbons (Fsp3) is 0.211. The van der Waals surface area contributed by atoms with E-state index in [1.165, 1.54) is 18.2 Å². The maximum Gasteiger partial charge on any atom is 0.244 e. The molecule has 1 amide bonds. The highest BCUT2D eigenvalue weighted by molar-refractivity contribution is 6.31. The Balaban J connectivity index is 1.98. The monoisotopic (exact) mass is 346 g/mol. The van der Waals surface area contributed by atoms with Crippen molar-refractivity contribution >= 4 is 23.6 Å². The van der Waals surface area contributed by atoms with Crippen molar-refractivity contribution in [2.24, 2.45) is 0 Å². The highest BCUT2D eigenvalue weighted by atomic mass is 35.5. The molecule has 0 aliphatic heterocycles. The normalized spacial score (nSPS) is 12.5. The quantitative estimate of drug-likeness (QED) is 0.804. The van der Waals surface area contributed by atoms with Crippen LogP contribution in [0.2, 0.25) is 5.02 Å². The third kappa shape index (κ3) is 5.18. The zero-order chi connectivity index (χ0) is 17.5. The van der Waals surface area contributed by atoms with Crippen molar-refractivity contribution < 1.29 is 9.18 Å². The van der Waals surface area contributed by atoms with Gasteiger partial charge in [0.25, 0.3) is 0 Å². The average Bonchev–Trinajstić information content (AvgIpc) is 2.56. The third-order valence-electron chi connectivity index (χ3n) is 3.65. The second kappa shape index (κ2) is 8.62. The maximum absolute atomic E-state index is 12.8. The summed E-state index contributed by atoms with van der Waals surface area (Å²) in [5.74, 6) is -0.511. The fourth-order valence-corrected chi connectivity index (χ4v) is 2.58. The average molecular weight is 347 g/mol. The fourth-order valence-electron chi connectivity index (χ4n) is 2.32. The van der Waals surface area contributed by atoms with Gasteiger partial charge in [-0.25, -0.2) is 4.39 Å². The van der Waals surface area contributed by atoms with Crippen LogP contribution in [0, 0.1) is 5.82 Å². The molecule has 0 aromatic heterocycles. The van der Waals surface area contributed by atoms with Gasteiger partial charge in [0.05, 0.1) is 6.04 Å². The van der Waals surface area contributed by atoms with Gasteiger partial charge in [-0.05, 0) is 49.5 Å². The van der Waals surface area contributed by atoms with Crippen LogP contribution in [-0.2, 0) is 4.79 Å². The number of carbonyl (C=O) groups excluding carboxylic acids is 1. The van der Waals surface area contributed by atoms with Gasteiger partial charge >= 0.3 is 0 Å². The molecule has 0 heterocycles. The first-order valence-electron chi connectivity index (χ1n) is 7.59. The van der Waals surface area contributed by atoms with Crippen LogP contribution in [0.4, 0.5) is 4.39 Å². The minimum Gasteiger partial charge on any atom is -0.351 e. The molecule has 0 unspecified atom stereocenters. The number of carbonyl (C=O) groups is 1. The predicted octanol–water partition coefficient (Wildman–Crippen LogP) is 3.91. The van der Waals surface area contributed by atoms with Crippen LogP contribution in [0.25, 0.3) is 6.08 Å². The molecule has 1 atom stereocenters. The third-order valence-corrected chi connectivity index (χ3v) is 4.00. The van der Waals surface area contributed by atoms with E-state index in [-0.39, 0.29) is 17.8 Å². The van der Waals surface area contributed by atoms with Crippen molar-refractivity contribution in [2.75, 3.05) is 20.6 Å². The molecule has 0 fully saturated rings. The van der Waals surface area contributed by atoms with Crippen molar-refractivity contribution in [3.8, 4) is 0 Å². The van der Waals surface area contributed by atoms with E-state index in [1.54, 1.807) is 18.2 Å². The summed E-state index contributed by atoms with van der Waals surface area (Å²) in [5.41, 5.74) is 1.73. The number of likely N-dealkylation sites (N-methyl/N-ethyl adjacent to an activating group) is 1. The van der Waals surface area contributed by atoms with Gasteiger partial charge in [-0.1, -0.05) is 41.9 Å². The minimum absolute atomic E-state index is 0.0260. The number of hydrogen-bond donors (Lipinski definition) is 1. The molecule has 0 aliphatic carbocycles. The molecule has 0 bridgehead atoms. The zero-order valence-electron chi connectivity index (χ0n) is 13.7. The molecule has 0 radical (unpaired) electrons. The molecule has 3 nitrogen and oxygen atoms in total. The van der Waals surface area contributed by atoms with Crippen molar-refractivity contribution in [3.63, 3.8) is 0 Å². The molecular formula is C19H20ClFN2O. The smallest absolute Gasteiger partial charge is 0.244 e. The van der Waals surface area contributed by atoms with Crippen LogP contribution in [0.15, 0.2) is 54.6 Å². The van der Waals surface area contributed by atoms with Gasteiger partial charge in [-0.2, -0.15) is 0 Å². The molecule has 1 N–H and O–H groups in total. The van der Waals surface area contributed by atoms with E-state index < -0.39 is 0 Å². The van der Waals surface area contributed by atoms with Gasteiger partial charge < -0.3 is 10.2 Å².